The van der Waals surface area contributed by atoms with E-state index in [2.05, 4.69) is 25.6 Å². The van der Waals surface area contributed by atoms with Gasteiger partial charge in [0.25, 0.3) is 10.0 Å². The van der Waals surface area contributed by atoms with Gasteiger partial charge in [0.15, 0.2) is 5.13 Å². The first-order valence-electron chi connectivity index (χ1n) is 4.69. The van der Waals surface area contributed by atoms with Crippen molar-refractivity contribution in [2.75, 3.05) is 4.72 Å². The maximum absolute atomic E-state index is 11.9. The van der Waals surface area contributed by atoms with Gasteiger partial charge in [-0.05, 0) is 17.7 Å². The molecule has 1 aromatic heterocycles. The molecule has 0 radical (unpaired) electrons. The zero-order valence-electron chi connectivity index (χ0n) is 8.63. The molecule has 1 N–H and O–H groups in total. The van der Waals surface area contributed by atoms with Crippen molar-refractivity contribution in [3.05, 3.63) is 41.4 Å². The summed E-state index contributed by atoms with van der Waals surface area (Å²) in [5.74, 6) is 0. The van der Waals surface area contributed by atoms with Crippen molar-refractivity contribution in [3.8, 4) is 0 Å². The van der Waals surface area contributed by atoms with E-state index in [4.69, 9.17) is 0 Å². The molecule has 2 aromatic rings. The van der Waals surface area contributed by atoms with Crippen LogP contribution in [0.1, 0.15) is 5.56 Å². The van der Waals surface area contributed by atoms with E-state index in [1.807, 2.05) is 0 Å². The third-order valence-corrected chi connectivity index (χ3v) is 4.86. The van der Waals surface area contributed by atoms with E-state index in [0.29, 0.717) is 10.5 Å². The van der Waals surface area contributed by atoms with Gasteiger partial charge in [0.05, 0.1) is 4.90 Å². The summed E-state index contributed by atoms with van der Waals surface area (Å²) in [6, 6.07) is 6.69. The van der Waals surface area contributed by atoms with Crippen LogP contribution in [0.15, 0.2) is 40.7 Å². The largest absolute Gasteiger partial charge is 0.263 e. The molecule has 0 aliphatic heterocycles. The maximum atomic E-state index is 11.9. The van der Waals surface area contributed by atoms with Crippen LogP contribution in [-0.2, 0) is 15.4 Å². The second-order valence-electron chi connectivity index (χ2n) is 3.22. The predicted molar refractivity (Wildman–Crippen MR) is 72.0 cm³/mol. The minimum Gasteiger partial charge on any atom is -0.255 e. The molecule has 2 rings (SSSR count). The monoisotopic (exact) mass is 332 g/mol. The fourth-order valence-electron chi connectivity index (χ4n) is 1.21. The molecule has 7 heteroatoms. The summed E-state index contributed by atoms with van der Waals surface area (Å²) in [5.41, 5.74) is 1.03. The Hall–Kier alpha value is -0.920. The fourth-order valence-corrected chi connectivity index (χ4v) is 3.37. The first kappa shape index (κ1) is 12.5. The minimum atomic E-state index is -3.53. The molecule has 0 aliphatic rings. The second-order valence-corrected chi connectivity index (χ2v) is 6.36. The Bertz CT molecular complexity index is 579. The summed E-state index contributed by atoms with van der Waals surface area (Å²) in [6.07, 6.45) is 1.55. The molecule has 0 atom stereocenters. The smallest absolute Gasteiger partial charge is 0.255 e. The number of benzene rings is 1. The first-order valence-corrected chi connectivity index (χ1v) is 8.17. The van der Waals surface area contributed by atoms with E-state index in [9.17, 15) is 8.42 Å². The molecule has 0 spiro atoms. The van der Waals surface area contributed by atoms with E-state index in [0.717, 1.165) is 5.56 Å². The van der Waals surface area contributed by atoms with Gasteiger partial charge >= 0.3 is 0 Å². The van der Waals surface area contributed by atoms with Crippen molar-refractivity contribution in [1.29, 1.82) is 0 Å². The topological polar surface area (TPSA) is 59.1 Å². The Labute approximate surface area is 112 Å². The average Bonchev–Trinajstić information content (AvgIpc) is 2.81. The van der Waals surface area contributed by atoms with Gasteiger partial charge < -0.3 is 0 Å². The van der Waals surface area contributed by atoms with Crippen molar-refractivity contribution in [1.82, 2.24) is 4.98 Å². The van der Waals surface area contributed by atoms with E-state index < -0.39 is 10.0 Å². The van der Waals surface area contributed by atoms with Gasteiger partial charge in [0.1, 0.15) is 0 Å². The summed E-state index contributed by atoms with van der Waals surface area (Å²) >= 11 is 4.55. The van der Waals surface area contributed by atoms with Gasteiger partial charge in [-0.25, -0.2) is 13.4 Å². The van der Waals surface area contributed by atoms with Gasteiger partial charge in [-0.1, -0.05) is 28.1 Å². The van der Waals surface area contributed by atoms with Crippen LogP contribution in [0, 0.1) is 0 Å². The molecule has 1 aromatic carbocycles. The number of aromatic nitrogens is 1. The number of hydrogen-bond acceptors (Lipinski definition) is 4. The number of sulfonamides is 1. The highest BCUT2D eigenvalue weighted by atomic mass is 79.9. The zero-order chi connectivity index (χ0) is 12.3. The van der Waals surface area contributed by atoms with Crippen LogP contribution >= 0.6 is 27.3 Å². The molecule has 17 heavy (non-hydrogen) atoms. The summed E-state index contributed by atoms with van der Waals surface area (Å²) in [5, 5.41) is 2.79. The molecule has 0 saturated carbocycles. The Balaban J connectivity index is 2.25. The lowest BCUT2D eigenvalue weighted by Gasteiger charge is -2.05. The number of nitrogens with zero attached hydrogens (tertiary/aromatic N) is 1. The number of halogens is 1. The predicted octanol–water partition coefficient (Wildman–Crippen LogP) is 2.84. The third-order valence-electron chi connectivity index (χ3n) is 2.04. The number of anilines is 1. The van der Waals surface area contributed by atoms with Crippen LogP contribution in [-0.4, -0.2) is 13.4 Å². The molecule has 0 aliphatic carbocycles. The lowest BCUT2D eigenvalue weighted by atomic mass is 10.2. The Morgan fingerprint density at radius 1 is 1.29 bits per heavy atom. The van der Waals surface area contributed by atoms with Crippen LogP contribution in [0.5, 0.6) is 0 Å². The molecule has 4 nitrogen and oxygen atoms in total. The van der Waals surface area contributed by atoms with Crippen LogP contribution in [0.25, 0.3) is 0 Å². The highest BCUT2D eigenvalue weighted by Gasteiger charge is 2.14. The summed E-state index contributed by atoms with van der Waals surface area (Å²) in [6.45, 7) is 0. The minimum absolute atomic E-state index is 0.234. The fraction of sp³-hybridized carbons (Fsp3) is 0.100. The van der Waals surface area contributed by atoms with Crippen LogP contribution < -0.4 is 4.72 Å². The van der Waals surface area contributed by atoms with Crippen molar-refractivity contribution in [2.24, 2.45) is 0 Å². The van der Waals surface area contributed by atoms with Crippen LogP contribution in [0.4, 0.5) is 5.13 Å². The van der Waals surface area contributed by atoms with Crippen molar-refractivity contribution in [3.63, 3.8) is 0 Å². The molecule has 0 unspecified atom stereocenters. The highest BCUT2D eigenvalue weighted by Crippen LogP contribution is 2.18. The summed E-state index contributed by atoms with van der Waals surface area (Å²) in [7, 11) is -3.53. The van der Waals surface area contributed by atoms with E-state index in [1.165, 1.54) is 11.3 Å². The molecule has 0 bridgehead atoms. The van der Waals surface area contributed by atoms with Crippen LogP contribution in [0.2, 0.25) is 0 Å². The quantitative estimate of drug-likeness (QED) is 0.876. The Morgan fingerprint density at radius 2 is 2.00 bits per heavy atom. The Kier molecular flexibility index (Phi) is 3.80. The van der Waals surface area contributed by atoms with Gasteiger partial charge in [0, 0.05) is 16.9 Å². The molecule has 0 fully saturated rings. The van der Waals surface area contributed by atoms with Crippen molar-refractivity contribution < 1.29 is 8.42 Å². The van der Waals surface area contributed by atoms with Gasteiger partial charge in [-0.15, -0.1) is 11.3 Å². The zero-order valence-corrected chi connectivity index (χ0v) is 11.8. The normalized spacial score (nSPS) is 11.4. The maximum Gasteiger partial charge on any atom is 0.263 e. The summed E-state index contributed by atoms with van der Waals surface area (Å²) in [4.78, 5) is 4.12. The van der Waals surface area contributed by atoms with E-state index in [1.54, 1.807) is 35.8 Å². The second kappa shape index (κ2) is 5.16. The third kappa shape index (κ3) is 3.05. The Morgan fingerprint density at radius 3 is 2.53 bits per heavy atom. The number of rotatable bonds is 4. The van der Waals surface area contributed by atoms with Gasteiger partial charge in [-0.2, -0.15) is 0 Å². The van der Waals surface area contributed by atoms with E-state index in [-0.39, 0.29) is 4.90 Å². The van der Waals surface area contributed by atoms with Crippen LogP contribution in [0.3, 0.4) is 0 Å². The number of thiazole rings is 1. The lowest BCUT2D eigenvalue weighted by Crippen LogP contribution is -2.12. The average molecular weight is 333 g/mol. The molecule has 90 valence electrons. The molecular formula is C10H9BrN2O2S2. The molecule has 0 amide bonds. The number of alkyl halides is 1. The number of hydrogen-bond donors (Lipinski definition) is 1. The molecular weight excluding hydrogens is 324 g/mol. The van der Waals surface area contributed by atoms with E-state index >= 15 is 0 Å². The summed E-state index contributed by atoms with van der Waals surface area (Å²) < 4.78 is 26.3. The molecule has 1 heterocycles. The lowest BCUT2D eigenvalue weighted by molar-refractivity contribution is 0.601. The number of nitrogens with one attached hydrogen (secondary N) is 1. The van der Waals surface area contributed by atoms with Gasteiger partial charge in [0.2, 0.25) is 0 Å². The van der Waals surface area contributed by atoms with Gasteiger partial charge in [-0.3, -0.25) is 4.72 Å². The standard InChI is InChI=1S/C10H9BrN2O2S2/c11-7-8-1-3-9(4-2-8)17(14,15)13-10-12-5-6-16-10/h1-6H,7H2,(H,12,13). The SMILES string of the molecule is O=S(=O)(Nc1nccs1)c1ccc(CBr)cc1. The molecule has 0 saturated heterocycles. The van der Waals surface area contributed by atoms with Crippen molar-refractivity contribution >= 4 is 42.4 Å². The van der Waals surface area contributed by atoms with Crippen molar-refractivity contribution in [2.45, 2.75) is 10.2 Å². The first-order chi connectivity index (χ1) is 8.12. The highest BCUT2D eigenvalue weighted by molar-refractivity contribution is 9.08.